The number of amides is 2. The highest BCUT2D eigenvalue weighted by Crippen LogP contribution is 2.42. The van der Waals surface area contributed by atoms with E-state index in [1.54, 1.807) is 18.2 Å². The van der Waals surface area contributed by atoms with Gasteiger partial charge in [-0.15, -0.1) is 0 Å². The summed E-state index contributed by atoms with van der Waals surface area (Å²) in [4.78, 5) is 34.6. The van der Waals surface area contributed by atoms with Crippen LogP contribution in [0.4, 0.5) is 0 Å². The summed E-state index contributed by atoms with van der Waals surface area (Å²) in [5.41, 5.74) is -0.174. The van der Waals surface area contributed by atoms with E-state index >= 15 is 0 Å². The summed E-state index contributed by atoms with van der Waals surface area (Å²) in [6.07, 6.45) is 2.63. The largest absolute Gasteiger partial charge is 0.505 e. The molecule has 142 valence electrons. The van der Waals surface area contributed by atoms with Gasteiger partial charge in [-0.25, -0.2) is 9.97 Å². The van der Waals surface area contributed by atoms with E-state index in [2.05, 4.69) is 9.97 Å². The summed E-state index contributed by atoms with van der Waals surface area (Å²) in [7, 11) is 2.96. The van der Waals surface area contributed by atoms with Crippen LogP contribution in [-0.2, 0) is 6.54 Å². The monoisotopic (exact) mass is 381 g/mol. The van der Waals surface area contributed by atoms with E-state index in [4.69, 9.17) is 9.47 Å². The molecule has 9 nitrogen and oxygen atoms in total. The van der Waals surface area contributed by atoms with Crippen LogP contribution in [0.1, 0.15) is 26.3 Å². The van der Waals surface area contributed by atoms with Gasteiger partial charge in [-0.3, -0.25) is 14.5 Å². The third-order valence-electron chi connectivity index (χ3n) is 4.60. The number of hydrogen-bond acceptors (Lipinski definition) is 8. The number of aromatic hydroxyl groups is 2. The lowest BCUT2D eigenvalue weighted by Crippen LogP contribution is -2.29. The van der Waals surface area contributed by atoms with Gasteiger partial charge in [-0.1, -0.05) is 0 Å². The van der Waals surface area contributed by atoms with Crippen molar-refractivity contribution in [1.82, 2.24) is 14.9 Å². The number of methoxy groups -OCH3 is 2. The van der Waals surface area contributed by atoms with Gasteiger partial charge in [0.2, 0.25) is 0 Å². The van der Waals surface area contributed by atoms with Crippen LogP contribution in [0.5, 0.6) is 23.0 Å². The van der Waals surface area contributed by atoms with Gasteiger partial charge in [0.05, 0.1) is 20.8 Å². The van der Waals surface area contributed by atoms with Crippen LogP contribution in [0.25, 0.3) is 11.0 Å². The SMILES string of the molecule is COc1ccc(OC)c(CN2C(=O)c3c(c(O)c4nccnc4c3O)C2=O)c1. The maximum absolute atomic E-state index is 12.9. The van der Waals surface area contributed by atoms with Crippen molar-refractivity contribution in [1.29, 1.82) is 0 Å². The zero-order valence-corrected chi connectivity index (χ0v) is 15.0. The number of benzene rings is 2. The summed E-state index contributed by atoms with van der Waals surface area (Å²) < 4.78 is 10.5. The molecule has 3 aromatic rings. The molecule has 0 saturated carbocycles. The molecular weight excluding hydrogens is 366 g/mol. The van der Waals surface area contributed by atoms with Gasteiger partial charge in [-0.05, 0) is 18.2 Å². The molecule has 1 aromatic heterocycles. The van der Waals surface area contributed by atoms with E-state index < -0.39 is 23.3 Å². The molecular formula is C19H15N3O6. The second kappa shape index (κ2) is 6.38. The maximum Gasteiger partial charge on any atom is 0.265 e. The Labute approximate surface area is 158 Å². The zero-order chi connectivity index (χ0) is 20.0. The van der Waals surface area contributed by atoms with Crippen LogP contribution in [0, 0.1) is 0 Å². The Bertz CT molecular complexity index is 1080. The summed E-state index contributed by atoms with van der Waals surface area (Å²) in [6, 6.07) is 4.98. The molecule has 0 radical (unpaired) electrons. The number of phenolic OH excluding ortho intramolecular Hbond substituents is 2. The number of hydrogen-bond donors (Lipinski definition) is 2. The van der Waals surface area contributed by atoms with Crippen molar-refractivity contribution >= 4 is 22.8 Å². The van der Waals surface area contributed by atoms with Crippen LogP contribution >= 0.6 is 0 Å². The van der Waals surface area contributed by atoms with Crippen molar-refractivity contribution in [2.75, 3.05) is 14.2 Å². The maximum atomic E-state index is 12.9. The van der Waals surface area contributed by atoms with Crippen molar-refractivity contribution in [3.63, 3.8) is 0 Å². The van der Waals surface area contributed by atoms with Crippen LogP contribution in [0.15, 0.2) is 30.6 Å². The molecule has 0 saturated heterocycles. The van der Waals surface area contributed by atoms with Crippen LogP contribution in [0.3, 0.4) is 0 Å². The van der Waals surface area contributed by atoms with E-state index in [0.717, 1.165) is 4.90 Å². The number of aromatic nitrogens is 2. The lowest BCUT2D eigenvalue weighted by Gasteiger charge is -2.17. The molecule has 1 aliphatic rings. The average Bonchev–Trinajstić information content (AvgIpc) is 2.97. The minimum atomic E-state index is -0.745. The van der Waals surface area contributed by atoms with Crippen molar-refractivity contribution < 1.29 is 29.3 Å². The van der Waals surface area contributed by atoms with Crippen LogP contribution < -0.4 is 9.47 Å². The van der Waals surface area contributed by atoms with Crippen molar-refractivity contribution in [3.8, 4) is 23.0 Å². The first-order valence-corrected chi connectivity index (χ1v) is 8.23. The Morgan fingerprint density at radius 3 is 2.00 bits per heavy atom. The molecule has 0 spiro atoms. The Hall–Kier alpha value is -3.88. The lowest BCUT2D eigenvalue weighted by atomic mass is 10.1. The van der Waals surface area contributed by atoms with E-state index in [-0.39, 0.29) is 28.7 Å². The third kappa shape index (κ3) is 2.40. The summed E-state index contributed by atoms with van der Waals surface area (Å²) in [5.74, 6) is -1.49. The number of phenols is 2. The van der Waals surface area contributed by atoms with Gasteiger partial charge < -0.3 is 19.7 Å². The summed E-state index contributed by atoms with van der Waals surface area (Å²) >= 11 is 0. The van der Waals surface area contributed by atoms with Gasteiger partial charge in [0, 0.05) is 18.0 Å². The number of imide groups is 1. The number of rotatable bonds is 4. The standard InChI is InChI=1S/C19H15N3O6/c1-27-10-3-4-11(28-2)9(7-10)8-22-18(25)12-13(19(22)26)17(24)15-14(16(12)23)20-5-6-21-15/h3-7,23-24H,8H2,1-2H3. The number of carbonyl (C=O) groups excluding carboxylic acids is 2. The summed E-state index contributed by atoms with van der Waals surface area (Å²) in [6.45, 7) is -0.136. The molecule has 4 rings (SSSR count). The Balaban J connectivity index is 1.83. The first-order chi connectivity index (χ1) is 13.5. The molecule has 0 unspecified atom stereocenters. The predicted molar refractivity (Wildman–Crippen MR) is 96.6 cm³/mol. The molecule has 0 aliphatic carbocycles. The molecule has 9 heteroatoms. The van der Waals surface area contributed by atoms with Gasteiger partial charge in [0.25, 0.3) is 11.8 Å². The second-order valence-electron chi connectivity index (χ2n) is 6.07. The van der Waals surface area contributed by atoms with E-state index in [9.17, 15) is 19.8 Å². The molecule has 1 aliphatic heterocycles. The molecule has 28 heavy (non-hydrogen) atoms. The third-order valence-corrected chi connectivity index (χ3v) is 4.60. The minimum absolute atomic E-state index is 0.0549. The predicted octanol–water partition coefficient (Wildman–Crippen LogP) is 1.85. The quantitative estimate of drug-likeness (QED) is 0.519. The molecule has 2 aromatic carbocycles. The number of fused-ring (bicyclic) bond motifs is 2. The Morgan fingerprint density at radius 1 is 0.929 bits per heavy atom. The zero-order valence-electron chi connectivity index (χ0n) is 15.0. The molecule has 0 bridgehead atoms. The number of ether oxygens (including phenoxy) is 2. The molecule has 2 heterocycles. The fourth-order valence-corrected chi connectivity index (χ4v) is 3.26. The normalized spacial score (nSPS) is 13.1. The van der Waals surface area contributed by atoms with Crippen molar-refractivity contribution in [2.45, 2.75) is 6.54 Å². The van der Waals surface area contributed by atoms with E-state index in [1.807, 2.05) is 0 Å². The fourth-order valence-electron chi connectivity index (χ4n) is 3.26. The lowest BCUT2D eigenvalue weighted by molar-refractivity contribution is 0.0640. The number of nitrogens with zero attached hydrogens (tertiary/aromatic N) is 3. The van der Waals surface area contributed by atoms with E-state index in [0.29, 0.717) is 17.1 Å². The average molecular weight is 381 g/mol. The fraction of sp³-hybridized carbons (Fsp3) is 0.158. The van der Waals surface area contributed by atoms with Gasteiger partial charge in [0.1, 0.15) is 33.7 Å². The topological polar surface area (TPSA) is 122 Å². The van der Waals surface area contributed by atoms with Crippen molar-refractivity contribution in [3.05, 3.63) is 47.3 Å². The highest BCUT2D eigenvalue weighted by Gasteiger charge is 2.42. The van der Waals surface area contributed by atoms with Gasteiger partial charge >= 0.3 is 0 Å². The molecule has 0 fully saturated rings. The Kier molecular flexibility index (Phi) is 3.99. The Morgan fingerprint density at radius 2 is 1.50 bits per heavy atom. The van der Waals surface area contributed by atoms with E-state index in [1.165, 1.54) is 26.6 Å². The smallest absolute Gasteiger partial charge is 0.265 e. The first-order valence-electron chi connectivity index (χ1n) is 8.23. The second-order valence-corrected chi connectivity index (χ2v) is 6.07. The summed E-state index contributed by atoms with van der Waals surface area (Å²) in [5, 5.41) is 21.0. The van der Waals surface area contributed by atoms with Gasteiger partial charge in [0.15, 0.2) is 11.5 Å². The first kappa shape index (κ1) is 17.5. The van der Waals surface area contributed by atoms with Crippen molar-refractivity contribution in [2.24, 2.45) is 0 Å². The van der Waals surface area contributed by atoms with Gasteiger partial charge in [-0.2, -0.15) is 0 Å². The molecule has 0 atom stereocenters. The highest BCUT2D eigenvalue weighted by molar-refractivity contribution is 6.26. The van der Waals surface area contributed by atoms with Crippen LogP contribution in [0.2, 0.25) is 0 Å². The van der Waals surface area contributed by atoms with Crippen LogP contribution in [-0.4, -0.2) is 51.1 Å². The molecule has 2 N–H and O–H groups in total. The number of carbonyl (C=O) groups is 2. The molecule has 2 amide bonds. The highest BCUT2D eigenvalue weighted by atomic mass is 16.5. The minimum Gasteiger partial charge on any atom is -0.505 e.